The van der Waals surface area contributed by atoms with Gasteiger partial charge in [0.1, 0.15) is 11.3 Å². The number of ether oxygens (including phenoxy) is 1. The van der Waals surface area contributed by atoms with Crippen LogP contribution >= 0.6 is 0 Å². The summed E-state index contributed by atoms with van der Waals surface area (Å²) in [6, 6.07) is 12.4. The molecular formula is C25H28N6O2. The fourth-order valence-electron chi connectivity index (χ4n) is 4.50. The first kappa shape index (κ1) is 21.3. The van der Waals surface area contributed by atoms with E-state index < -0.39 is 0 Å². The molecule has 0 unspecified atom stereocenters. The highest BCUT2D eigenvalue weighted by atomic mass is 16.5. The highest BCUT2D eigenvalue weighted by molar-refractivity contribution is 5.78. The van der Waals surface area contributed by atoms with Crippen LogP contribution in [0.1, 0.15) is 31.0 Å². The number of morpholine rings is 1. The molecule has 3 aromatic heterocycles. The molecule has 0 N–H and O–H groups in total. The predicted molar refractivity (Wildman–Crippen MR) is 129 cm³/mol. The zero-order valence-electron chi connectivity index (χ0n) is 19.4. The zero-order valence-corrected chi connectivity index (χ0v) is 19.4. The minimum atomic E-state index is -0.0198. The van der Waals surface area contributed by atoms with Gasteiger partial charge in [0.15, 0.2) is 5.65 Å². The number of imidazole rings is 1. The second-order valence-corrected chi connectivity index (χ2v) is 8.72. The van der Waals surface area contributed by atoms with Gasteiger partial charge in [-0.15, -0.1) is 0 Å². The molecule has 1 aromatic carbocycles. The van der Waals surface area contributed by atoms with E-state index in [-0.39, 0.29) is 17.6 Å². The SMILES string of the molecule is Cc1cc(-c2nc3cnc(N4CCOC[C@@H]4C)nc3n2[C@@H](C)c2ccccc2)cn(C)c1=O. The molecule has 170 valence electrons. The Morgan fingerprint density at radius 1 is 1.18 bits per heavy atom. The van der Waals surface area contributed by atoms with Crippen LogP contribution in [0, 0.1) is 6.92 Å². The third kappa shape index (κ3) is 3.80. The summed E-state index contributed by atoms with van der Waals surface area (Å²) in [6.07, 6.45) is 3.63. The van der Waals surface area contributed by atoms with Crippen LogP contribution in [-0.2, 0) is 11.8 Å². The standard InChI is InChI=1S/C25H28N6O2/c1-16-12-20(14-29(4)24(16)32)22-27-21-13-26-25(30-10-11-33-15-17(30)2)28-23(21)31(22)18(3)19-8-6-5-7-9-19/h5-9,12-14,17-18H,10-11,15H2,1-4H3/t17-,18-/m0/s1. The number of pyridine rings is 1. The molecule has 33 heavy (non-hydrogen) atoms. The van der Waals surface area contributed by atoms with Crippen molar-refractivity contribution >= 4 is 17.1 Å². The molecule has 8 heteroatoms. The second-order valence-electron chi connectivity index (χ2n) is 8.72. The monoisotopic (exact) mass is 444 g/mol. The van der Waals surface area contributed by atoms with E-state index in [1.165, 1.54) is 0 Å². The largest absolute Gasteiger partial charge is 0.377 e. The molecule has 1 aliphatic heterocycles. The van der Waals surface area contributed by atoms with Crippen LogP contribution < -0.4 is 10.5 Å². The van der Waals surface area contributed by atoms with Crippen molar-refractivity contribution in [3.05, 3.63) is 70.3 Å². The predicted octanol–water partition coefficient (Wildman–Crippen LogP) is 3.33. The number of rotatable bonds is 4. The van der Waals surface area contributed by atoms with Crippen LogP contribution in [0.5, 0.6) is 0 Å². The van der Waals surface area contributed by atoms with E-state index in [0.717, 1.165) is 34.7 Å². The van der Waals surface area contributed by atoms with E-state index >= 15 is 0 Å². The summed E-state index contributed by atoms with van der Waals surface area (Å²) in [4.78, 5) is 29.1. The first-order valence-electron chi connectivity index (χ1n) is 11.3. The third-order valence-corrected chi connectivity index (χ3v) is 6.33. The zero-order chi connectivity index (χ0) is 23.1. The molecule has 0 amide bonds. The van der Waals surface area contributed by atoms with Crippen LogP contribution in [0.3, 0.4) is 0 Å². The summed E-state index contributed by atoms with van der Waals surface area (Å²) in [5, 5.41) is 0. The summed E-state index contributed by atoms with van der Waals surface area (Å²) in [6.45, 7) is 8.17. The van der Waals surface area contributed by atoms with Crippen LogP contribution in [0.4, 0.5) is 5.95 Å². The van der Waals surface area contributed by atoms with Gasteiger partial charge in [-0.2, -0.15) is 4.98 Å². The van der Waals surface area contributed by atoms with Gasteiger partial charge in [0.25, 0.3) is 5.56 Å². The van der Waals surface area contributed by atoms with Crippen molar-refractivity contribution in [2.75, 3.05) is 24.7 Å². The van der Waals surface area contributed by atoms with Crippen LogP contribution in [0.25, 0.3) is 22.6 Å². The maximum atomic E-state index is 12.3. The number of nitrogens with zero attached hydrogens (tertiary/aromatic N) is 6. The van der Waals surface area contributed by atoms with E-state index in [1.807, 2.05) is 37.4 Å². The van der Waals surface area contributed by atoms with Crippen molar-refractivity contribution in [3.63, 3.8) is 0 Å². The highest BCUT2D eigenvalue weighted by Crippen LogP contribution is 2.31. The lowest BCUT2D eigenvalue weighted by molar-refractivity contribution is 0.0981. The lowest BCUT2D eigenvalue weighted by Crippen LogP contribution is -2.44. The smallest absolute Gasteiger partial charge is 0.253 e. The summed E-state index contributed by atoms with van der Waals surface area (Å²) >= 11 is 0. The number of aryl methyl sites for hydroxylation is 2. The van der Waals surface area contributed by atoms with Crippen LogP contribution in [0.15, 0.2) is 53.6 Å². The van der Waals surface area contributed by atoms with E-state index in [1.54, 1.807) is 17.8 Å². The van der Waals surface area contributed by atoms with Gasteiger partial charge in [-0.05, 0) is 32.4 Å². The van der Waals surface area contributed by atoms with Crippen LogP contribution in [0.2, 0.25) is 0 Å². The Labute approximate surface area is 192 Å². The minimum Gasteiger partial charge on any atom is -0.377 e. The van der Waals surface area contributed by atoms with Crippen molar-refractivity contribution in [1.82, 2.24) is 24.1 Å². The maximum absolute atomic E-state index is 12.3. The van der Waals surface area contributed by atoms with Gasteiger partial charge >= 0.3 is 0 Å². The Bertz CT molecular complexity index is 1330. The molecule has 0 bridgehead atoms. The highest BCUT2D eigenvalue weighted by Gasteiger charge is 2.25. The van der Waals surface area contributed by atoms with Gasteiger partial charge in [-0.3, -0.25) is 4.79 Å². The maximum Gasteiger partial charge on any atom is 0.253 e. The van der Waals surface area contributed by atoms with Gasteiger partial charge in [0.2, 0.25) is 5.95 Å². The molecule has 0 radical (unpaired) electrons. The van der Waals surface area contributed by atoms with Crippen molar-refractivity contribution in [2.45, 2.75) is 32.9 Å². The fourth-order valence-corrected chi connectivity index (χ4v) is 4.50. The molecule has 4 aromatic rings. The van der Waals surface area contributed by atoms with Crippen molar-refractivity contribution in [1.29, 1.82) is 0 Å². The van der Waals surface area contributed by atoms with Gasteiger partial charge in [-0.1, -0.05) is 30.3 Å². The number of fused-ring (bicyclic) bond motifs is 1. The van der Waals surface area contributed by atoms with Gasteiger partial charge in [0, 0.05) is 30.9 Å². The molecule has 4 heterocycles. The first-order chi connectivity index (χ1) is 15.9. The van der Waals surface area contributed by atoms with Crippen molar-refractivity contribution in [3.8, 4) is 11.4 Å². The summed E-state index contributed by atoms with van der Waals surface area (Å²) < 4.78 is 9.35. The molecule has 0 aliphatic carbocycles. The van der Waals surface area contributed by atoms with E-state index in [2.05, 4.69) is 40.4 Å². The molecule has 0 spiro atoms. The Kier molecular flexibility index (Phi) is 5.46. The molecule has 8 nitrogen and oxygen atoms in total. The molecule has 1 fully saturated rings. The lowest BCUT2D eigenvalue weighted by Gasteiger charge is -2.33. The molecular weight excluding hydrogens is 416 g/mol. The number of anilines is 1. The summed E-state index contributed by atoms with van der Waals surface area (Å²) in [5.41, 5.74) is 4.19. The molecule has 0 saturated carbocycles. The summed E-state index contributed by atoms with van der Waals surface area (Å²) in [7, 11) is 1.77. The quantitative estimate of drug-likeness (QED) is 0.481. The average Bonchev–Trinajstić information content (AvgIpc) is 3.21. The molecule has 1 saturated heterocycles. The van der Waals surface area contributed by atoms with Gasteiger partial charge in [-0.25, -0.2) is 9.97 Å². The Hall–Kier alpha value is -3.52. The fraction of sp³-hybridized carbons (Fsp3) is 0.360. The lowest BCUT2D eigenvalue weighted by atomic mass is 10.1. The van der Waals surface area contributed by atoms with E-state index in [9.17, 15) is 4.79 Å². The third-order valence-electron chi connectivity index (χ3n) is 6.33. The van der Waals surface area contributed by atoms with Gasteiger partial charge in [0.05, 0.1) is 31.5 Å². The average molecular weight is 445 g/mol. The van der Waals surface area contributed by atoms with Crippen molar-refractivity contribution < 1.29 is 4.74 Å². The van der Waals surface area contributed by atoms with E-state index in [4.69, 9.17) is 14.7 Å². The molecule has 2 atom stereocenters. The normalized spacial score (nSPS) is 17.5. The van der Waals surface area contributed by atoms with Gasteiger partial charge < -0.3 is 18.8 Å². The second kappa shape index (κ2) is 8.44. The number of aromatic nitrogens is 5. The first-order valence-corrected chi connectivity index (χ1v) is 11.3. The van der Waals surface area contributed by atoms with E-state index in [0.29, 0.717) is 24.7 Å². The summed E-state index contributed by atoms with van der Waals surface area (Å²) in [5.74, 6) is 1.45. The topological polar surface area (TPSA) is 78.1 Å². The Morgan fingerprint density at radius 2 is 1.97 bits per heavy atom. The number of hydrogen-bond donors (Lipinski definition) is 0. The molecule has 5 rings (SSSR count). The Morgan fingerprint density at radius 3 is 2.70 bits per heavy atom. The molecule has 1 aliphatic rings. The number of hydrogen-bond acceptors (Lipinski definition) is 6. The van der Waals surface area contributed by atoms with Crippen LogP contribution in [-0.4, -0.2) is 49.9 Å². The minimum absolute atomic E-state index is 0.0131. The number of benzene rings is 1. The van der Waals surface area contributed by atoms with Crippen molar-refractivity contribution in [2.24, 2.45) is 7.05 Å². The Balaban J connectivity index is 1.73.